The van der Waals surface area contributed by atoms with Gasteiger partial charge in [0.25, 0.3) is 5.91 Å². The number of fused-ring (bicyclic) bond motifs is 1. The number of anilines is 2. The Morgan fingerprint density at radius 3 is 2.41 bits per heavy atom. The second-order valence-electron chi connectivity index (χ2n) is 8.80. The number of nitrogens with zero attached hydrogens (tertiary/aromatic N) is 2. The van der Waals surface area contributed by atoms with E-state index in [0.29, 0.717) is 17.5 Å². The molecule has 3 aromatic rings. The van der Waals surface area contributed by atoms with Gasteiger partial charge in [-0.25, -0.2) is 4.79 Å². The van der Waals surface area contributed by atoms with Crippen molar-refractivity contribution >= 4 is 23.3 Å². The van der Waals surface area contributed by atoms with Crippen molar-refractivity contribution in [3.05, 3.63) is 95.1 Å². The number of likely N-dealkylation sites (N-methyl/N-ethyl adjacent to an activating group) is 1. The minimum atomic E-state index is -0.350. The van der Waals surface area contributed by atoms with Gasteiger partial charge in [-0.3, -0.25) is 4.79 Å². The van der Waals surface area contributed by atoms with Crippen LogP contribution in [-0.2, 0) is 11.2 Å². The molecule has 1 fully saturated rings. The molecule has 5 rings (SSSR count). The van der Waals surface area contributed by atoms with Crippen molar-refractivity contribution in [1.29, 1.82) is 0 Å². The lowest BCUT2D eigenvalue weighted by Crippen LogP contribution is -2.46. The molecule has 2 aliphatic heterocycles. The molecule has 2 aliphatic rings. The molecule has 0 aromatic heterocycles. The highest BCUT2D eigenvalue weighted by Crippen LogP contribution is 2.31. The van der Waals surface area contributed by atoms with Gasteiger partial charge in [0, 0.05) is 49.5 Å². The van der Waals surface area contributed by atoms with Crippen molar-refractivity contribution in [2.24, 2.45) is 0 Å². The fourth-order valence-electron chi connectivity index (χ4n) is 4.67. The van der Waals surface area contributed by atoms with E-state index in [1.807, 2.05) is 48.5 Å². The van der Waals surface area contributed by atoms with E-state index in [2.05, 4.69) is 34.2 Å². The maximum atomic E-state index is 12.9. The van der Waals surface area contributed by atoms with Crippen LogP contribution in [-0.4, -0.2) is 49.5 Å². The van der Waals surface area contributed by atoms with Crippen LogP contribution in [0.25, 0.3) is 0 Å². The predicted molar refractivity (Wildman–Crippen MR) is 133 cm³/mol. The van der Waals surface area contributed by atoms with Crippen molar-refractivity contribution in [2.45, 2.75) is 19.4 Å². The highest BCUT2D eigenvalue weighted by Gasteiger charge is 2.28. The molecule has 3 aromatic carbocycles. The topological polar surface area (TPSA) is 61.9 Å². The number of hydrogen-bond acceptors (Lipinski definition) is 5. The molecule has 1 saturated heterocycles. The van der Waals surface area contributed by atoms with Gasteiger partial charge in [-0.1, -0.05) is 37.3 Å². The average Bonchev–Trinajstić information content (AvgIpc) is 2.89. The summed E-state index contributed by atoms with van der Waals surface area (Å²) >= 11 is 0. The normalized spacial score (nSPS) is 18.2. The Balaban J connectivity index is 1.26. The molecule has 6 nitrogen and oxygen atoms in total. The van der Waals surface area contributed by atoms with Crippen LogP contribution in [0.2, 0.25) is 0 Å². The molecular weight excluding hydrogens is 426 g/mol. The zero-order valence-corrected chi connectivity index (χ0v) is 19.4. The number of amides is 1. The lowest BCUT2D eigenvalue weighted by atomic mass is 9.93. The summed E-state index contributed by atoms with van der Waals surface area (Å²) in [6, 6.07) is 22.9. The van der Waals surface area contributed by atoms with Crippen LogP contribution in [0, 0.1) is 0 Å². The first-order chi connectivity index (χ1) is 16.6. The van der Waals surface area contributed by atoms with E-state index in [1.165, 1.54) is 5.69 Å². The number of hydrogen-bond donors (Lipinski definition) is 1. The second kappa shape index (κ2) is 9.69. The van der Waals surface area contributed by atoms with E-state index < -0.39 is 0 Å². The van der Waals surface area contributed by atoms with E-state index in [-0.39, 0.29) is 18.0 Å². The second-order valence-corrected chi connectivity index (χ2v) is 8.80. The van der Waals surface area contributed by atoms with Crippen LogP contribution in [0.5, 0.6) is 0 Å². The van der Waals surface area contributed by atoms with Gasteiger partial charge >= 0.3 is 5.97 Å². The number of benzene rings is 3. The molecule has 0 unspecified atom stereocenters. The van der Waals surface area contributed by atoms with Crippen LogP contribution in [0.15, 0.2) is 72.8 Å². The van der Waals surface area contributed by atoms with Gasteiger partial charge in [0.1, 0.15) is 6.10 Å². The molecule has 0 spiro atoms. The summed E-state index contributed by atoms with van der Waals surface area (Å²) in [4.78, 5) is 30.3. The van der Waals surface area contributed by atoms with Crippen LogP contribution >= 0.6 is 0 Å². The highest BCUT2D eigenvalue weighted by molar-refractivity contribution is 6.05. The summed E-state index contributed by atoms with van der Waals surface area (Å²) in [6.45, 7) is 7.47. The van der Waals surface area contributed by atoms with E-state index in [1.54, 1.807) is 12.1 Å². The molecule has 34 heavy (non-hydrogen) atoms. The van der Waals surface area contributed by atoms with Gasteiger partial charge < -0.3 is 19.9 Å². The van der Waals surface area contributed by atoms with Crippen LogP contribution in [0.1, 0.15) is 44.9 Å². The SMILES string of the molecule is CCN1CCN(c2ccc(NC(=O)c3ccc4c(c3)C[C@@H](c3ccccc3)OC4=O)cc2)CC1. The van der Waals surface area contributed by atoms with Gasteiger partial charge in [-0.05, 0) is 60.1 Å². The lowest BCUT2D eigenvalue weighted by Gasteiger charge is -2.35. The zero-order valence-electron chi connectivity index (χ0n) is 19.4. The Labute approximate surface area is 200 Å². The van der Waals surface area contributed by atoms with E-state index in [9.17, 15) is 9.59 Å². The first-order valence-electron chi connectivity index (χ1n) is 11.9. The highest BCUT2D eigenvalue weighted by atomic mass is 16.5. The molecule has 1 amide bonds. The molecule has 1 atom stereocenters. The molecule has 0 aliphatic carbocycles. The van der Waals surface area contributed by atoms with Crippen LogP contribution < -0.4 is 10.2 Å². The monoisotopic (exact) mass is 455 g/mol. The Kier molecular flexibility index (Phi) is 6.32. The summed E-state index contributed by atoms with van der Waals surface area (Å²) in [5.74, 6) is -0.542. The average molecular weight is 456 g/mol. The fourth-order valence-corrected chi connectivity index (χ4v) is 4.67. The van der Waals surface area contributed by atoms with E-state index in [0.717, 1.165) is 49.5 Å². The summed E-state index contributed by atoms with van der Waals surface area (Å²) in [7, 11) is 0. The maximum Gasteiger partial charge on any atom is 0.339 e. The molecule has 0 bridgehead atoms. The third kappa shape index (κ3) is 4.68. The Bertz CT molecular complexity index is 1170. The van der Waals surface area contributed by atoms with Crippen molar-refractivity contribution in [2.75, 3.05) is 42.9 Å². The van der Waals surface area contributed by atoms with E-state index in [4.69, 9.17) is 4.74 Å². The maximum absolute atomic E-state index is 12.9. The summed E-state index contributed by atoms with van der Waals surface area (Å²) in [6.07, 6.45) is 0.206. The van der Waals surface area contributed by atoms with Crippen LogP contribution in [0.3, 0.4) is 0 Å². The van der Waals surface area contributed by atoms with Crippen molar-refractivity contribution in [3.8, 4) is 0 Å². The molecule has 2 heterocycles. The largest absolute Gasteiger partial charge is 0.454 e. The fraction of sp³-hybridized carbons (Fsp3) is 0.286. The minimum absolute atomic E-state index is 0.192. The molecule has 6 heteroatoms. The minimum Gasteiger partial charge on any atom is -0.454 e. The first kappa shape index (κ1) is 22.2. The number of rotatable bonds is 5. The number of carbonyl (C=O) groups excluding carboxylic acids is 2. The summed E-state index contributed by atoms with van der Waals surface area (Å²) in [5, 5.41) is 2.98. The lowest BCUT2D eigenvalue weighted by molar-refractivity contribution is 0.0252. The zero-order chi connectivity index (χ0) is 23.5. The summed E-state index contributed by atoms with van der Waals surface area (Å²) < 4.78 is 5.62. The number of ether oxygens (including phenoxy) is 1. The first-order valence-corrected chi connectivity index (χ1v) is 11.9. The molecule has 0 radical (unpaired) electrons. The number of cyclic esters (lactones) is 1. The number of carbonyl (C=O) groups is 2. The smallest absolute Gasteiger partial charge is 0.339 e. The predicted octanol–water partition coefficient (Wildman–Crippen LogP) is 4.54. The quantitative estimate of drug-likeness (QED) is 0.573. The Morgan fingerprint density at radius 1 is 0.971 bits per heavy atom. The van der Waals surface area contributed by atoms with Gasteiger partial charge in [0.15, 0.2) is 0 Å². The Hall–Kier alpha value is -3.64. The standard InChI is InChI=1S/C28H29N3O3/c1-2-30-14-16-31(17-15-30)24-11-9-23(10-12-24)29-27(32)21-8-13-25-22(18-21)19-26(34-28(25)33)20-6-4-3-5-7-20/h3-13,18,26H,2,14-17,19H2,1H3,(H,29,32)/t26-/m0/s1. The molecule has 0 saturated carbocycles. The number of piperazine rings is 1. The van der Waals surface area contributed by atoms with Gasteiger partial charge in [0.05, 0.1) is 5.56 Å². The van der Waals surface area contributed by atoms with Crippen molar-refractivity contribution in [3.63, 3.8) is 0 Å². The molecule has 1 N–H and O–H groups in total. The van der Waals surface area contributed by atoms with Gasteiger partial charge in [-0.15, -0.1) is 0 Å². The Morgan fingerprint density at radius 2 is 1.71 bits per heavy atom. The molecule has 174 valence electrons. The summed E-state index contributed by atoms with van der Waals surface area (Å²) in [5.41, 5.74) is 4.76. The third-order valence-electron chi connectivity index (χ3n) is 6.72. The van der Waals surface area contributed by atoms with Crippen molar-refractivity contribution in [1.82, 2.24) is 4.90 Å². The third-order valence-corrected chi connectivity index (χ3v) is 6.72. The van der Waals surface area contributed by atoms with Gasteiger partial charge in [-0.2, -0.15) is 0 Å². The van der Waals surface area contributed by atoms with Crippen LogP contribution in [0.4, 0.5) is 11.4 Å². The van der Waals surface area contributed by atoms with E-state index >= 15 is 0 Å². The number of nitrogens with one attached hydrogen (secondary N) is 1. The molecular formula is C28H29N3O3. The number of esters is 1. The van der Waals surface area contributed by atoms with Gasteiger partial charge in [0.2, 0.25) is 0 Å². The van der Waals surface area contributed by atoms with Crippen molar-refractivity contribution < 1.29 is 14.3 Å².